The number of benzene rings is 2. The fraction of sp³-hybridized carbons (Fsp3) is 0.0952. The number of anilines is 1. The van der Waals surface area contributed by atoms with Crippen molar-refractivity contribution in [2.75, 3.05) is 12.4 Å². The minimum Gasteiger partial charge on any atom is -0.497 e. The molecule has 4 aromatic rings. The van der Waals surface area contributed by atoms with Crippen LogP contribution in [-0.4, -0.2) is 22.3 Å². The number of rotatable bonds is 6. The molecule has 0 aliphatic carbocycles. The number of aromatic nitrogens is 3. The van der Waals surface area contributed by atoms with Gasteiger partial charge in [-0.1, -0.05) is 30.3 Å². The van der Waals surface area contributed by atoms with Gasteiger partial charge in [0.05, 0.1) is 12.7 Å². The van der Waals surface area contributed by atoms with E-state index in [9.17, 15) is 0 Å². The Morgan fingerprint density at radius 1 is 0.926 bits per heavy atom. The van der Waals surface area contributed by atoms with Gasteiger partial charge in [-0.05, 0) is 42.0 Å². The van der Waals surface area contributed by atoms with Gasteiger partial charge in [0.15, 0.2) is 0 Å². The Morgan fingerprint density at radius 2 is 1.78 bits per heavy atom. The summed E-state index contributed by atoms with van der Waals surface area (Å²) in [6, 6.07) is 21.3. The summed E-state index contributed by atoms with van der Waals surface area (Å²) in [6.45, 7) is 0.598. The van der Waals surface area contributed by atoms with Crippen molar-refractivity contribution in [1.29, 1.82) is 0 Å². The molecule has 6 heteroatoms. The Hall–Kier alpha value is -3.67. The highest BCUT2D eigenvalue weighted by molar-refractivity contribution is 5.69. The fourth-order valence-electron chi connectivity index (χ4n) is 2.72. The van der Waals surface area contributed by atoms with Crippen LogP contribution in [-0.2, 0) is 6.54 Å². The average Bonchev–Trinajstić information content (AvgIpc) is 3.23. The second kappa shape index (κ2) is 7.70. The van der Waals surface area contributed by atoms with E-state index < -0.39 is 0 Å². The van der Waals surface area contributed by atoms with Crippen LogP contribution in [0.25, 0.3) is 22.9 Å². The first-order valence-electron chi connectivity index (χ1n) is 8.54. The van der Waals surface area contributed by atoms with E-state index >= 15 is 0 Å². The SMILES string of the molecule is COc1cccc(CNc2ncccc2-c2nnc(-c3ccccc3)o2)c1. The monoisotopic (exact) mass is 358 g/mol. The van der Waals surface area contributed by atoms with Gasteiger partial charge in [-0.3, -0.25) is 0 Å². The molecular formula is C21H18N4O2. The lowest BCUT2D eigenvalue weighted by molar-refractivity contribution is 0.414. The topological polar surface area (TPSA) is 73.1 Å². The highest BCUT2D eigenvalue weighted by atomic mass is 16.5. The number of hydrogen-bond donors (Lipinski definition) is 1. The minimum absolute atomic E-state index is 0.426. The zero-order chi connectivity index (χ0) is 18.5. The first kappa shape index (κ1) is 16.8. The number of nitrogens with zero attached hydrogens (tertiary/aromatic N) is 3. The molecule has 2 heterocycles. The first-order valence-corrected chi connectivity index (χ1v) is 8.54. The van der Waals surface area contributed by atoms with Gasteiger partial charge >= 0.3 is 0 Å². The van der Waals surface area contributed by atoms with Crippen molar-refractivity contribution < 1.29 is 9.15 Å². The molecule has 0 amide bonds. The molecule has 2 aromatic carbocycles. The lowest BCUT2D eigenvalue weighted by Crippen LogP contribution is -2.03. The normalized spacial score (nSPS) is 10.6. The van der Waals surface area contributed by atoms with Gasteiger partial charge in [-0.2, -0.15) is 0 Å². The van der Waals surface area contributed by atoms with Crippen LogP contribution < -0.4 is 10.1 Å². The molecule has 0 unspecified atom stereocenters. The summed E-state index contributed by atoms with van der Waals surface area (Å²) in [5.41, 5.74) is 2.72. The van der Waals surface area contributed by atoms with Gasteiger partial charge < -0.3 is 14.5 Å². The summed E-state index contributed by atoms with van der Waals surface area (Å²) in [5, 5.41) is 11.7. The molecule has 0 aliphatic rings. The van der Waals surface area contributed by atoms with Gasteiger partial charge in [0.25, 0.3) is 5.89 Å². The van der Waals surface area contributed by atoms with Crippen molar-refractivity contribution in [3.8, 4) is 28.7 Å². The van der Waals surface area contributed by atoms with Crippen molar-refractivity contribution in [1.82, 2.24) is 15.2 Å². The lowest BCUT2D eigenvalue weighted by atomic mass is 10.2. The molecule has 0 spiro atoms. The Labute approximate surface area is 156 Å². The smallest absolute Gasteiger partial charge is 0.251 e. The Balaban J connectivity index is 1.57. The van der Waals surface area contributed by atoms with Crippen molar-refractivity contribution in [3.63, 3.8) is 0 Å². The first-order chi connectivity index (χ1) is 13.3. The molecule has 27 heavy (non-hydrogen) atoms. The van der Waals surface area contributed by atoms with Crippen molar-refractivity contribution in [2.45, 2.75) is 6.54 Å². The molecule has 4 rings (SSSR count). The van der Waals surface area contributed by atoms with Gasteiger partial charge in [0.2, 0.25) is 5.89 Å². The van der Waals surface area contributed by atoms with E-state index in [1.807, 2.05) is 66.7 Å². The summed E-state index contributed by atoms with van der Waals surface area (Å²) in [5.74, 6) is 2.41. The van der Waals surface area contributed by atoms with Crippen LogP contribution in [0.5, 0.6) is 5.75 Å². The number of hydrogen-bond acceptors (Lipinski definition) is 6. The predicted octanol–water partition coefficient (Wildman–Crippen LogP) is 4.42. The zero-order valence-corrected chi connectivity index (χ0v) is 14.8. The second-order valence-electron chi connectivity index (χ2n) is 5.88. The van der Waals surface area contributed by atoms with Crippen LogP contribution in [0.1, 0.15) is 5.56 Å². The van der Waals surface area contributed by atoms with E-state index in [1.165, 1.54) is 0 Å². The van der Waals surface area contributed by atoms with E-state index in [4.69, 9.17) is 9.15 Å². The van der Waals surface area contributed by atoms with Crippen molar-refractivity contribution >= 4 is 5.82 Å². The van der Waals surface area contributed by atoms with Gasteiger partial charge in [0.1, 0.15) is 11.6 Å². The Bertz CT molecular complexity index is 1030. The fourth-order valence-corrected chi connectivity index (χ4v) is 2.72. The van der Waals surface area contributed by atoms with Crippen molar-refractivity contribution in [2.24, 2.45) is 0 Å². The maximum Gasteiger partial charge on any atom is 0.251 e. The van der Waals surface area contributed by atoms with E-state index in [0.29, 0.717) is 24.1 Å². The van der Waals surface area contributed by atoms with E-state index in [1.54, 1.807) is 13.3 Å². The van der Waals surface area contributed by atoms with Crippen LogP contribution in [0, 0.1) is 0 Å². The van der Waals surface area contributed by atoms with Crippen molar-refractivity contribution in [3.05, 3.63) is 78.5 Å². The summed E-state index contributed by atoms with van der Waals surface area (Å²) in [6.07, 6.45) is 1.73. The molecule has 0 radical (unpaired) electrons. The van der Waals surface area contributed by atoms with Gasteiger partial charge in [-0.15, -0.1) is 10.2 Å². The number of pyridine rings is 1. The van der Waals surface area contributed by atoms with Crippen LogP contribution in [0.2, 0.25) is 0 Å². The average molecular weight is 358 g/mol. The highest BCUT2D eigenvalue weighted by Crippen LogP contribution is 2.28. The van der Waals surface area contributed by atoms with Crippen LogP contribution in [0.15, 0.2) is 77.3 Å². The largest absolute Gasteiger partial charge is 0.497 e. The molecule has 134 valence electrons. The third-order valence-electron chi connectivity index (χ3n) is 4.08. The molecule has 0 aliphatic heterocycles. The third kappa shape index (κ3) is 3.79. The quantitative estimate of drug-likeness (QED) is 0.550. The standard InChI is InChI=1S/C21H18N4O2/c1-26-17-10-5-7-15(13-17)14-23-19-18(11-6-12-22-19)21-25-24-20(27-21)16-8-3-2-4-9-16/h2-13H,14H2,1H3,(H,22,23). The maximum atomic E-state index is 5.86. The molecule has 0 saturated heterocycles. The Morgan fingerprint density at radius 3 is 2.63 bits per heavy atom. The van der Waals surface area contributed by atoms with Crippen LogP contribution >= 0.6 is 0 Å². The molecule has 6 nitrogen and oxygen atoms in total. The predicted molar refractivity (Wildman–Crippen MR) is 103 cm³/mol. The summed E-state index contributed by atoms with van der Waals surface area (Å²) < 4.78 is 11.1. The van der Waals surface area contributed by atoms with E-state index in [2.05, 4.69) is 20.5 Å². The van der Waals surface area contributed by atoms with Crippen LogP contribution in [0.4, 0.5) is 5.82 Å². The molecule has 0 bridgehead atoms. The summed E-state index contributed by atoms with van der Waals surface area (Å²) in [4.78, 5) is 4.42. The van der Waals surface area contributed by atoms with Gasteiger partial charge in [-0.25, -0.2) is 4.98 Å². The number of ether oxygens (including phenoxy) is 1. The molecule has 0 atom stereocenters. The summed E-state index contributed by atoms with van der Waals surface area (Å²) in [7, 11) is 1.66. The lowest BCUT2D eigenvalue weighted by Gasteiger charge is -2.09. The minimum atomic E-state index is 0.426. The molecule has 0 saturated carbocycles. The number of methoxy groups -OCH3 is 1. The molecule has 1 N–H and O–H groups in total. The van der Waals surface area contributed by atoms with E-state index in [0.717, 1.165) is 22.4 Å². The second-order valence-corrected chi connectivity index (χ2v) is 5.88. The third-order valence-corrected chi connectivity index (χ3v) is 4.08. The van der Waals surface area contributed by atoms with Gasteiger partial charge in [0, 0.05) is 18.3 Å². The summed E-state index contributed by atoms with van der Waals surface area (Å²) >= 11 is 0. The van der Waals surface area contributed by atoms with E-state index in [-0.39, 0.29) is 0 Å². The molecular weight excluding hydrogens is 340 g/mol. The Kier molecular flexibility index (Phi) is 4.78. The zero-order valence-electron chi connectivity index (χ0n) is 14.8. The van der Waals surface area contributed by atoms with Crippen LogP contribution in [0.3, 0.4) is 0 Å². The molecule has 2 aromatic heterocycles. The number of nitrogens with one attached hydrogen (secondary N) is 1. The molecule has 0 fully saturated rings. The highest BCUT2D eigenvalue weighted by Gasteiger charge is 2.14. The maximum absolute atomic E-state index is 5.86.